The minimum Gasteiger partial charge on any atom is -0.323 e. The van der Waals surface area contributed by atoms with Gasteiger partial charge in [0.15, 0.2) is 9.84 Å². The van der Waals surface area contributed by atoms with E-state index in [9.17, 15) is 18.0 Å². The van der Waals surface area contributed by atoms with Crippen LogP contribution in [0.25, 0.3) is 0 Å². The number of hydrogen-bond donors (Lipinski definition) is 2. The third-order valence-electron chi connectivity index (χ3n) is 3.58. The Morgan fingerprint density at radius 3 is 2.38 bits per heavy atom. The first-order valence-electron chi connectivity index (χ1n) is 7.86. The predicted molar refractivity (Wildman–Crippen MR) is 102 cm³/mol. The zero-order chi connectivity index (χ0) is 19.3. The zero-order valence-electron chi connectivity index (χ0n) is 14.7. The van der Waals surface area contributed by atoms with E-state index in [0.29, 0.717) is 11.4 Å². The third kappa shape index (κ3) is 5.03. The molecule has 2 rings (SSSR count). The molecule has 0 heterocycles. The number of carbonyl (C=O) groups is 2. The van der Waals surface area contributed by atoms with Gasteiger partial charge in [-0.3, -0.25) is 9.59 Å². The summed E-state index contributed by atoms with van der Waals surface area (Å²) in [7, 11) is -3.39. The zero-order valence-corrected chi connectivity index (χ0v) is 15.6. The first-order chi connectivity index (χ1) is 12.2. The first-order valence-corrected chi connectivity index (χ1v) is 9.75. The van der Waals surface area contributed by atoms with Gasteiger partial charge in [-0.15, -0.1) is 0 Å². The van der Waals surface area contributed by atoms with Crippen molar-refractivity contribution < 1.29 is 18.0 Å². The second-order valence-electron chi connectivity index (χ2n) is 5.77. The fraction of sp³-hybridized carbons (Fsp3) is 0.158. The lowest BCUT2D eigenvalue weighted by Gasteiger charge is -2.11. The van der Waals surface area contributed by atoms with Crippen molar-refractivity contribution in [3.05, 3.63) is 65.7 Å². The molecular weight excluding hydrogens is 352 g/mol. The van der Waals surface area contributed by atoms with Crippen molar-refractivity contribution in [3.8, 4) is 0 Å². The minimum atomic E-state index is -3.39. The average molecular weight is 372 g/mol. The van der Waals surface area contributed by atoms with Crippen LogP contribution in [0.3, 0.4) is 0 Å². The van der Waals surface area contributed by atoms with Crippen LogP contribution in [0.5, 0.6) is 0 Å². The summed E-state index contributed by atoms with van der Waals surface area (Å²) in [4.78, 5) is 24.1. The SMILES string of the molecule is C/C=C/C(=O)Nc1ccc(NC(=O)c2cccc(S(C)(=O)=O)c2)c(C)c1. The predicted octanol–water partition coefficient (Wildman–Crippen LogP) is 3.17. The maximum Gasteiger partial charge on any atom is 0.255 e. The van der Waals surface area contributed by atoms with E-state index < -0.39 is 15.7 Å². The highest BCUT2D eigenvalue weighted by atomic mass is 32.2. The number of nitrogens with one attached hydrogen (secondary N) is 2. The highest BCUT2D eigenvalue weighted by Gasteiger charge is 2.13. The van der Waals surface area contributed by atoms with Gasteiger partial charge in [0.1, 0.15) is 0 Å². The molecule has 0 atom stereocenters. The average Bonchev–Trinajstić information content (AvgIpc) is 2.57. The van der Waals surface area contributed by atoms with E-state index in [2.05, 4.69) is 10.6 Å². The molecule has 136 valence electrons. The Balaban J connectivity index is 2.18. The van der Waals surface area contributed by atoms with Gasteiger partial charge in [-0.05, 0) is 61.9 Å². The van der Waals surface area contributed by atoms with E-state index in [4.69, 9.17) is 0 Å². The van der Waals surface area contributed by atoms with Gasteiger partial charge < -0.3 is 10.6 Å². The second kappa shape index (κ2) is 7.97. The van der Waals surface area contributed by atoms with Crippen LogP contribution in [-0.4, -0.2) is 26.5 Å². The van der Waals surface area contributed by atoms with Crippen molar-refractivity contribution in [2.24, 2.45) is 0 Å². The molecule has 2 aromatic rings. The van der Waals surface area contributed by atoms with Gasteiger partial charge in [0.25, 0.3) is 5.91 Å². The van der Waals surface area contributed by atoms with Gasteiger partial charge in [-0.25, -0.2) is 8.42 Å². The van der Waals surface area contributed by atoms with Gasteiger partial charge >= 0.3 is 0 Å². The number of sulfone groups is 1. The molecule has 0 spiro atoms. The number of allylic oxidation sites excluding steroid dienone is 1. The van der Waals surface area contributed by atoms with Gasteiger partial charge in [-0.1, -0.05) is 12.1 Å². The van der Waals surface area contributed by atoms with Gasteiger partial charge in [0.2, 0.25) is 5.91 Å². The number of rotatable bonds is 5. The molecular formula is C19H20N2O4S. The Morgan fingerprint density at radius 2 is 1.77 bits per heavy atom. The molecule has 7 heteroatoms. The summed E-state index contributed by atoms with van der Waals surface area (Å²) in [6.45, 7) is 3.55. The van der Waals surface area contributed by atoms with Crippen molar-refractivity contribution in [1.29, 1.82) is 0 Å². The van der Waals surface area contributed by atoms with E-state index in [0.717, 1.165) is 11.8 Å². The molecule has 2 N–H and O–H groups in total. The molecule has 0 unspecified atom stereocenters. The number of carbonyl (C=O) groups excluding carboxylic acids is 2. The molecule has 0 radical (unpaired) electrons. The van der Waals surface area contributed by atoms with Crippen molar-refractivity contribution >= 4 is 33.0 Å². The fourth-order valence-corrected chi connectivity index (χ4v) is 2.95. The lowest BCUT2D eigenvalue weighted by molar-refractivity contribution is -0.111. The minimum absolute atomic E-state index is 0.0870. The smallest absolute Gasteiger partial charge is 0.255 e. The Labute approximate surface area is 152 Å². The maximum atomic E-state index is 12.4. The molecule has 0 bridgehead atoms. The second-order valence-corrected chi connectivity index (χ2v) is 7.79. The lowest BCUT2D eigenvalue weighted by atomic mass is 10.1. The molecule has 0 fully saturated rings. The number of benzene rings is 2. The summed E-state index contributed by atoms with van der Waals surface area (Å²) in [5.41, 5.74) is 2.19. The first kappa shape index (κ1) is 19.4. The molecule has 0 aromatic heterocycles. The Hall–Kier alpha value is -2.93. The van der Waals surface area contributed by atoms with Crippen molar-refractivity contribution in [2.45, 2.75) is 18.7 Å². The Bertz CT molecular complexity index is 979. The highest BCUT2D eigenvalue weighted by molar-refractivity contribution is 7.90. The van der Waals surface area contributed by atoms with Crippen molar-refractivity contribution in [2.75, 3.05) is 16.9 Å². The number of anilines is 2. The topological polar surface area (TPSA) is 92.3 Å². The fourth-order valence-electron chi connectivity index (χ4n) is 2.28. The molecule has 0 aliphatic heterocycles. The summed E-state index contributed by atoms with van der Waals surface area (Å²) < 4.78 is 23.2. The van der Waals surface area contributed by atoms with Gasteiger partial charge in [0, 0.05) is 23.2 Å². The van der Waals surface area contributed by atoms with Crippen LogP contribution in [0.2, 0.25) is 0 Å². The molecule has 26 heavy (non-hydrogen) atoms. The summed E-state index contributed by atoms with van der Waals surface area (Å²) in [6.07, 6.45) is 4.15. The number of aryl methyl sites for hydroxylation is 1. The summed E-state index contributed by atoms with van der Waals surface area (Å²) in [6, 6.07) is 11.0. The van der Waals surface area contributed by atoms with E-state index >= 15 is 0 Å². The van der Waals surface area contributed by atoms with E-state index in [-0.39, 0.29) is 16.4 Å². The van der Waals surface area contributed by atoms with E-state index in [1.54, 1.807) is 44.2 Å². The number of hydrogen-bond acceptors (Lipinski definition) is 4. The third-order valence-corrected chi connectivity index (χ3v) is 4.69. The van der Waals surface area contributed by atoms with Crippen molar-refractivity contribution in [1.82, 2.24) is 0 Å². The van der Waals surface area contributed by atoms with E-state index in [1.165, 1.54) is 24.3 Å². The van der Waals surface area contributed by atoms with Crippen LogP contribution in [0.4, 0.5) is 11.4 Å². The van der Waals surface area contributed by atoms with Crippen LogP contribution in [0.1, 0.15) is 22.8 Å². The quantitative estimate of drug-likeness (QED) is 0.789. The Morgan fingerprint density at radius 1 is 1.04 bits per heavy atom. The standard InChI is InChI=1S/C19H20N2O4S/c1-4-6-18(22)20-15-9-10-17(13(2)11-15)21-19(23)14-7-5-8-16(12-14)26(3,24)25/h4-12H,1-3H3,(H,20,22)(H,21,23)/b6-4+. The van der Waals surface area contributed by atoms with Gasteiger partial charge in [-0.2, -0.15) is 0 Å². The molecule has 0 saturated carbocycles. The molecule has 0 saturated heterocycles. The molecule has 0 aliphatic rings. The lowest BCUT2D eigenvalue weighted by Crippen LogP contribution is -2.14. The largest absolute Gasteiger partial charge is 0.323 e. The summed E-state index contributed by atoms with van der Waals surface area (Å²) in [5, 5.41) is 5.47. The molecule has 0 aliphatic carbocycles. The van der Waals surface area contributed by atoms with Crippen LogP contribution < -0.4 is 10.6 Å². The monoisotopic (exact) mass is 372 g/mol. The van der Waals surface area contributed by atoms with Crippen LogP contribution in [0, 0.1) is 6.92 Å². The van der Waals surface area contributed by atoms with Crippen LogP contribution in [-0.2, 0) is 14.6 Å². The molecule has 2 aromatic carbocycles. The summed E-state index contributed by atoms with van der Waals surface area (Å²) in [5.74, 6) is -0.648. The molecule has 6 nitrogen and oxygen atoms in total. The van der Waals surface area contributed by atoms with E-state index in [1.807, 2.05) is 0 Å². The highest BCUT2D eigenvalue weighted by Crippen LogP contribution is 2.21. The normalized spacial score (nSPS) is 11.3. The maximum absolute atomic E-state index is 12.4. The Kier molecular flexibility index (Phi) is 5.94. The van der Waals surface area contributed by atoms with Crippen LogP contribution >= 0.6 is 0 Å². The number of amides is 2. The van der Waals surface area contributed by atoms with Crippen LogP contribution in [0.15, 0.2) is 59.5 Å². The van der Waals surface area contributed by atoms with Crippen molar-refractivity contribution in [3.63, 3.8) is 0 Å². The summed E-state index contributed by atoms with van der Waals surface area (Å²) >= 11 is 0. The van der Waals surface area contributed by atoms with Gasteiger partial charge in [0.05, 0.1) is 4.90 Å². The molecule has 2 amide bonds.